The predicted molar refractivity (Wildman–Crippen MR) is 141 cm³/mol. The number of amides is 2. The van der Waals surface area contributed by atoms with E-state index in [1.807, 2.05) is 19.0 Å². The van der Waals surface area contributed by atoms with Gasteiger partial charge in [0.25, 0.3) is 5.91 Å². The van der Waals surface area contributed by atoms with Crippen LogP contribution in [0.4, 0.5) is 23.1 Å². The Labute approximate surface area is 213 Å². The van der Waals surface area contributed by atoms with Crippen LogP contribution in [0.5, 0.6) is 5.75 Å². The molecule has 1 aromatic carbocycles. The maximum absolute atomic E-state index is 12.6. The first-order valence-corrected chi connectivity index (χ1v) is 12.7. The molecule has 0 unspecified atom stereocenters. The quantitative estimate of drug-likeness (QED) is 0.576. The molecule has 0 radical (unpaired) electrons. The smallest absolute Gasteiger partial charge is 0.251 e. The van der Waals surface area contributed by atoms with Crippen molar-refractivity contribution in [3.63, 3.8) is 0 Å². The summed E-state index contributed by atoms with van der Waals surface area (Å²) in [6.45, 7) is 1.97. The molecular weight excluding hydrogens is 458 g/mol. The van der Waals surface area contributed by atoms with Crippen molar-refractivity contribution in [2.24, 2.45) is 0 Å². The topological polar surface area (TPSA) is 103 Å². The maximum Gasteiger partial charge on any atom is 0.251 e. The molecule has 1 aliphatic heterocycles. The number of nitrogens with one attached hydrogen (secondary N) is 2. The minimum atomic E-state index is -0.154. The SMILES string of the molecule is COc1cc(C(=O)NCCN(C)C)ccc1Nc1ncc2c(n1)N(C1CCCCC1)CCC(=O)N2C. The molecule has 1 saturated carbocycles. The lowest BCUT2D eigenvalue weighted by Crippen LogP contribution is -2.38. The first kappa shape index (κ1) is 25.7. The second-order valence-electron chi connectivity index (χ2n) is 9.69. The van der Waals surface area contributed by atoms with Gasteiger partial charge in [-0.05, 0) is 45.1 Å². The zero-order valence-electron chi connectivity index (χ0n) is 21.7. The first-order chi connectivity index (χ1) is 17.4. The minimum Gasteiger partial charge on any atom is -0.495 e. The van der Waals surface area contributed by atoms with E-state index < -0.39 is 0 Å². The van der Waals surface area contributed by atoms with Crippen molar-refractivity contribution < 1.29 is 14.3 Å². The second-order valence-corrected chi connectivity index (χ2v) is 9.69. The Balaban J connectivity index is 1.57. The summed E-state index contributed by atoms with van der Waals surface area (Å²) in [5.41, 5.74) is 1.90. The number of anilines is 4. The summed E-state index contributed by atoms with van der Waals surface area (Å²) >= 11 is 0. The van der Waals surface area contributed by atoms with Crippen LogP contribution in [0.3, 0.4) is 0 Å². The lowest BCUT2D eigenvalue weighted by molar-refractivity contribution is -0.118. The number of fused-ring (bicyclic) bond motifs is 1. The molecule has 1 aliphatic carbocycles. The molecule has 2 aliphatic rings. The van der Waals surface area contributed by atoms with Crippen LogP contribution in [-0.2, 0) is 4.79 Å². The van der Waals surface area contributed by atoms with Crippen molar-refractivity contribution in [2.45, 2.75) is 44.6 Å². The largest absolute Gasteiger partial charge is 0.495 e. The highest BCUT2D eigenvalue weighted by Crippen LogP contribution is 2.36. The number of aromatic nitrogens is 2. The molecule has 0 bridgehead atoms. The van der Waals surface area contributed by atoms with Gasteiger partial charge in [-0.2, -0.15) is 4.98 Å². The van der Waals surface area contributed by atoms with Crippen LogP contribution in [0.15, 0.2) is 24.4 Å². The summed E-state index contributed by atoms with van der Waals surface area (Å²) < 4.78 is 5.56. The van der Waals surface area contributed by atoms with Crippen LogP contribution in [0.25, 0.3) is 0 Å². The van der Waals surface area contributed by atoms with Gasteiger partial charge in [-0.1, -0.05) is 19.3 Å². The van der Waals surface area contributed by atoms with Gasteiger partial charge in [-0.25, -0.2) is 4.98 Å². The molecule has 194 valence electrons. The van der Waals surface area contributed by atoms with E-state index >= 15 is 0 Å². The number of methoxy groups -OCH3 is 1. The highest BCUT2D eigenvalue weighted by atomic mass is 16.5. The molecule has 1 aromatic heterocycles. The Morgan fingerprint density at radius 3 is 2.72 bits per heavy atom. The fourth-order valence-corrected chi connectivity index (χ4v) is 4.80. The number of rotatable bonds is 8. The number of benzene rings is 1. The van der Waals surface area contributed by atoms with Gasteiger partial charge in [-0.15, -0.1) is 0 Å². The molecule has 2 heterocycles. The molecule has 1 fully saturated rings. The van der Waals surface area contributed by atoms with E-state index in [9.17, 15) is 9.59 Å². The van der Waals surface area contributed by atoms with Gasteiger partial charge >= 0.3 is 0 Å². The van der Waals surface area contributed by atoms with Crippen LogP contribution in [0.1, 0.15) is 48.9 Å². The van der Waals surface area contributed by atoms with Crippen molar-refractivity contribution in [3.8, 4) is 5.75 Å². The number of carbonyl (C=O) groups excluding carboxylic acids is 2. The molecule has 0 spiro atoms. The fraction of sp³-hybridized carbons (Fsp3) is 0.538. The van der Waals surface area contributed by atoms with E-state index in [0.29, 0.717) is 48.5 Å². The van der Waals surface area contributed by atoms with Crippen LogP contribution >= 0.6 is 0 Å². The van der Waals surface area contributed by atoms with Crippen molar-refractivity contribution in [3.05, 3.63) is 30.0 Å². The van der Waals surface area contributed by atoms with Crippen LogP contribution in [0, 0.1) is 0 Å². The lowest BCUT2D eigenvalue weighted by Gasteiger charge is -2.35. The number of hydrogen-bond acceptors (Lipinski definition) is 8. The van der Waals surface area contributed by atoms with Gasteiger partial charge in [0.15, 0.2) is 5.82 Å². The van der Waals surface area contributed by atoms with Gasteiger partial charge in [0.05, 0.1) is 19.0 Å². The van der Waals surface area contributed by atoms with E-state index in [1.165, 1.54) is 19.3 Å². The highest BCUT2D eigenvalue weighted by molar-refractivity contribution is 5.97. The monoisotopic (exact) mass is 495 g/mol. The van der Waals surface area contributed by atoms with Gasteiger partial charge in [0, 0.05) is 44.7 Å². The summed E-state index contributed by atoms with van der Waals surface area (Å²) in [5.74, 6) is 1.63. The third kappa shape index (κ3) is 5.87. The maximum atomic E-state index is 12.6. The van der Waals surface area contributed by atoms with Gasteiger partial charge in [0.1, 0.15) is 11.4 Å². The fourth-order valence-electron chi connectivity index (χ4n) is 4.80. The summed E-state index contributed by atoms with van der Waals surface area (Å²) in [6, 6.07) is 5.63. The molecular formula is C26H37N7O3. The molecule has 10 heteroatoms. The number of nitrogens with zero attached hydrogens (tertiary/aromatic N) is 5. The average Bonchev–Trinajstić information content (AvgIpc) is 3.00. The number of carbonyl (C=O) groups is 2. The molecule has 2 aromatic rings. The predicted octanol–water partition coefficient (Wildman–Crippen LogP) is 3.03. The number of hydrogen-bond donors (Lipinski definition) is 2. The Bertz CT molecular complexity index is 1090. The molecule has 0 atom stereocenters. The van der Waals surface area contributed by atoms with Crippen molar-refractivity contribution in [1.82, 2.24) is 20.2 Å². The van der Waals surface area contributed by atoms with Gasteiger partial charge < -0.3 is 30.1 Å². The van der Waals surface area contributed by atoms with Crippen LogP contribution in [-0.4, -0.2) is 80.6 Å². The Hall–Kier alpha value is -3.40. The minimum absolute atomic E-state index is 0.0694. The van der Waals surface area contributed by atoms with E-state index in [0.717, 1.165) is 30.9 Å². The molecule has 0 saturated heterocycles. The first-order valence-electron chi connectivity index (χ1n) is 12.7. The molecule has 10 nitrogen and oxygen atoms in total. The average molecular weight is 496 g/mol. The van der Waals surface area contributed by atoms with Crippen molar-refractivity contribution in [2.75, 3.05) is 63.0 Å². The van der Waals surface area contributed by atoms with Gasteiger partial charge in [-0.3, -0.25) is 9.59 Å². The summed E-state index contributed by atoms with van der Waals surface area (Å²) in [6.07, 6.45) is 8.04. The summed E-state index contributed by atoms with van der Waals surface area (Å²) in [5, 5.41) is 6.17. The summed E-state index contributed by atoms with van der Waals surface area (Å²) in [7, 11) is 7.28. The summed E-state index contributed by atoms with van der Waals surface area (Å²) in [4.78, 5) is 40.5. The zero-order chi connectivity index (χ0) is 25.7. The molecule has 4 rings (SSSR count). The molecule has 2 N–H and O–H groups in total. The highest BCUT2D eigenvalue weighted by Gasteiger charge is 2.31. The Kier molecular flexibility index (Phi) is 8.25. The lowest BCUT2D eigenvalue weighted by atomic mass is 9.94. The second kappa shape index (κ2) is 11.6. The molecule has 2 amide bonds. The Morgan fingerprint density at radius 2 is 2.00 bits per heavy atom. The van der Waals surface area contributed by atoms with Crippen molar-refractivity contribution >= 4 is 35.0 Å². The third-order valence-electron chi connectivity index (χ3n) is 6.89. The molecule has 36 heavy (non-hydrogen) atoms. The van der Waals surface area contributed by atoms with Gasteiger partial charge in [0.2, 0.25) is 11.9 Å². The van der Waals surface area contributed by atoms with Crippen molar-refractivity contribution in [1.29, 1.82) is 0 Å². The van der Waals surface area contributed by atoms with E-state index in [-0.39, 0.29) is 11.8 Å². The van der Waals surface area contributed by atoms with Crippen LogP contribution < -0.4 is 25.2 Å². The third-order valence-corrected chi connectivity index (χ3v) is 6.89. The van der Waals surface area contributed by atoms with E-state index in [1.54, 1.807) is 43.5 Å². The normalized spacial score (nSPS) is 16.5. The van der Waals surface area contributed by atoms with Crippen LogP contribution in [0.2, 0.25) is 0 Å². The standard InChI is InChI=1S/C26H37N7O3/c1-31(2)15-13-27-25(35)18-10-11-20(22(16-18)36-4)29-26-28-17-21-24(30-26)33(14-12-23(34)32(21)3)19-8-6-5-7-9-19/h10-11,16-17,19H,5-9,12-15H2,1-4H3,(H,27,35)(H,28,29,30). The number of ether oxygens (including phenoxy) is 1. The van der Waals surface area contributed by atoms with E-state index in [4.69, 9.17) is 9.72 Å². The Morgan fingerprint density at radius 1 is 1.22 bits per heavy atom. The van der Waals surface area contributed by atoms with E-state index in [2.05, 4.69) is 20.5 Å². The zero-order valence-corrected chi connectivity index (χ0v) is 21.7. The number of likely N-dealkylation sites (N-methyl/N-ethyl adjacent to an activating group) is 1.